The molecule has 1 aliphatic heterocycles. The maximum absolute atomic E-state index is 12.1. The van der Waals surface area contributed by atoms with Gasteiger partial charge in [-0.1, -0.05) is 5.22 Å². The molecule has 0 saturated carbocycles. The molecule has 10 heteroatoms. The van der Waals surface area contributed by atoms with Gasteiger partial charge in [0.15, 0.2) is 0 Å². The van der Waals surface area contributed by atoms with E-state index in [1.54, 1.807) is 0 Å². The fraction of sp³-hybridized carbons (Fsp3) is 0.467. The highest BCUT2D eigenvalue weighted by Crippen LogP contribution is 2.18. The Morgan fingerprint density at radius 2 is 1.72 bits per heavy atom. The molecule has 0 unspecified atom stereocenters. The van der Waals surface area contributed by atoms with Gasteiger partial charge in [0, 0.05) is 19.5 Å². The molecule has 1 saturated heterocycles. The third-order valence-electron chi connectivity index (χ3n) is 3.58. The summed E-state index contributed by atoms with van der Waals surface area (Å²) in [6.45, 7) is 1.72. The minimum absolute atomic E-state index is 0.104. The summed E-state index contributed by atoms with van der Waals surface area (Å²) < 4.78 is 26.0. The number of hydrogen-bond acceptors (Lipinski definition) is 6. The molecule has 0 aliphatic carbocycles. The third kappa shape index (κ3) is 6.14. The lowest BCUT2D eigenvalue weighted by Crippen LogP contribution is -2.30. The van der Waals surface area contributed by atoms with Crippen molar-refractivity contribution in [2.45, 2.75) is 37.0 Å². The van der Waals surface area contributed by atoms with Gasteiger partial charge < -0.3 is 5.11 Å². The predicted molar refractivity (Wildman–Crippen MR) is 88.6 cm³/mol. The number of carbonyl (C=O) groups excluding carboxylic acids is 1. The van der Waals surface area contributed by atoms with E-state index in [-0.39, 0.29) is 4.90 Å². The highest BCUT2D eigenvalue weighted by Gasteiger charge is 2.18. The number of carbonyl (C=O) groups is 2. The van der Waals surface area contributed by atoms with Crippen molar-refractivity contribution < 1.29 is 23.1 Å². The van der Waals surface area contributed by atoms with Crippen LogP contribution >= 0.6 is 0 Å². The summed E-state index contributed by atoms with van der Waals surface area (Å²) in [6.07, 6.45) is 2.51. The van der Waals surface area contributed by atoms with Crippen LogP contribution in [0.1, 0.15) is 32.1 Å². The van der Waals surface area contributed by atoms with Gasteiger partial charge in [-0.3, -0.25) is 14.6 Å². The number of sulfonamides is 1. The Morgan fingerprint density at radius 3 is 2.32 bits per heavy atom. The molecule has 9 nitrogen and oxygen atoms in total. The van der Waals surface area contributed by atoms with Crippen molar-refractivity contribution in [3.05, 3.63) is 24.3 Å². The Kier molecular flexibility index (Phi) is 6.45. The molecule has 136 valence electrons. The van der Waals surface area contributed by atoms with Gasteiger partial charge in [0.05, 0.1) is 17.0 Å². The molecular formula is C15H20N4O5S. The van der Waals surface area contributed by atoms with Gasteiger partial charge in [-0.25, -0.2) is 13.1 Å². The highest BCUT2D eigenvalue weighted by molar-refractivity contribution is 7.90. The maximum atomic E-state index is 12.1. The van der Waals surface area contributed by atoms with E-state index in [0.717, 1.165) is 25.9 Å². The van der Waals surface area contributed by atoms with Crippen molar-refractivity contribution in [3.63, 3.8) is 0 Å². The number of rotatable bonds is 7. The molecule has 0 atom stereocenters. The lowest BCUT2D eigenvalue weighted by atomic mass is 10.2. The molecule has 0 aromatic heterocycles. The van der Waals surface area contributed by atoms with Crippen LogP contribution in [0, 0.1) is 0 Å². The van der Waals surface area contributed by atoms with Crippen molar-refractivity contribution in [1.29, 1.82) is 0 Å². The standard InChI is InChI=1S/C15H20N4O5S/c20-14(8-9-15(21)22)17-25(23,24)13-6-4-12(5-7-13)16-18-19-10-2-1-3-11-19/h4-7H,1-3,8-11H2,(H,17,20)(H,21,22). The van der Waals surface area contributed by atoms with Crippen LogP contribution in [0.2, 0.25) is 0 Å². The van der Waals surface area contributed by atoms with Crippen molar-refractivity contribution in [3.8, 4) is 0 Å². The number of hydrogen-bond donors (Lipinski definition) is 2. The van der Waals surface area contributed by atoms with Crippen LogP contribution < -0.4 is 4.72 Å². The molecule has 1 aliphatic rings. The monoisotopic (exact) mass is 368 g/mol. The van der Waals surface area contributed by atoms with E-state index >= 15 is 0 Å². The van der Waals surface area contributed by atoms with Crippen molar-refractivity contribution >= 4 is 27.6 Å². The van der Waals surface area contributed by atoms with Gasteiger partial charge in [-0.15, -0.1) is 5.11 Å². The average Bonchev–Trinajstić information content (AvgIpc) is 2.59. The smallest absolute Gasteiger partial charge is 0.303 e. The van der Waals surface area contributed by atoms with Gasteiger partial charge in [0.1, 0.15) is 0 Å². The highest BCUT2D eigenvalue weighted by atomic mass is 32.2. The zero-order chi connectivity index (χ0) is 18.3. The average molecular weight is 368 g/mol. The molecular weight excluding hydrogens is 348 g/mol. The van der Waals surface area contributed by atoms with Crippen LogP contribution in [-0.2, 0) is 19.6 Å². The molecule has 1 fully saturated rings. The van der Waals surface area contributed by atoms with Crippen molar-refractivity contribution in [2.24, 2.45) is 10.3 Å². The molecule has 1 amide bonds. The Balaban J connectivity index is 1.96. The Hall–Kier alpha value is -2.49. The lowest BCUT2D eigenvalue weighted by Gasteiger charge is -2.21. The molecule has 25 heavy (non-hydrogen) atoms. The molecule has 0 bridgehead atoms. The summed E-state index contributed by atoms with van der Waals surface area (Å²) >= 11 is 0. The Labute approximate surface area is 145 Å². The fourth-order valence-corrected chi connectivity index (χ4v) is 3.27. The summed E-state index contributed by atoms with van der Waals surface area (Å²) in [5.74, 6) is -2.03. The number of piperidine rings is 1. The van der Waals surface area contributed by atoms with Crippen LogP contribution in [0.3, 0.4) is 0 Å². The number of aliphatic carboxylic acids is 1. The Morgan fingerprint density at radius 1 is 1.08 bits per heavy atom. The predicted octanol–water partition coefficient (Wildman–Crippen LogP) is 1.84. The quantitative estimate of drug-likeness (QED) is 0.707. The maximum Gasteiger partial charge on any atom is 0.303 e. The summed E-state index contributed by atoms with van der Waals surface area (Å²) in [7, 11) is -4.03. The van der Waals surface area contributed by atoms with Gasteiger partial charge in [-0.05, 0) is 43.5 Å². The van der Waals surface area contributed by atoms with Gasteiger partial charge in [0.25, 0.3) is 10.0 Å². The fourth-order valence-electron chi connectivity index (χ4n) is 2.25. The largest absolute Gasteiger partial charge is 0.481 e. The van der Waals surface area contributed by atoms with Gasteiger partial charge in [0.2, 0.25) is 5.91 Å². The van der Waals surface area contributed by atoms with E-state index in [1.807, 2.05) is 9.73 Å². The second kappa shape index (κ2) is 8.56. The lowest BCUT2D eigenvalue weighted by molar-refractivity contribution is -0.138. The van der Waals surface area contributed by atoms with E-state index in [9.17, 15) is 18.0 Å². The summed E-state index contributed by atoms with van der Waals surface area (Å²) in [4.78, 5) is 21.8. The van der Waals surface area contributed by atoms with Crippen molar-refractivity contribution in [1.82, 2.24) is 9.73 Å². The normalized spacial score (nSPS) is 15.3. The number of carboxylic acid groups (broad SMARTS) is 1. The zero-order valence-electron chi connectivity index (χ0n) is 13.6. The minimum Gasteiger partial charge on any atom is -0.481 e. The topological polar surface area (TPSA) is 128 Å². The van der Waals surface area contributed by atoms with Crippen LogP contribution in [-0.4, -0.2) is 43.5 Å². The van der Waals surface area contributed by atoms with E-state index in [4.69, 9.17) is 5.11 Å². The number of amides is 1. The van der Waals surface area contributed by atoms with Crippen LogP contribution in [0.4, 0.5) is 5.69 Å². The third-order valence-corrected chi connectivity index (χ3v) is 4.97. The molecule has 1 heterocycles. The molecule has 1 aromatic rings. The number of carboxylic acids is 1. The molecule has 1 aromatic carbocycles. The first-order valence-electron chi connectivity index (χ1n) is 7.91. The number of nitrogens with one attached hydrogen (secondary N) is 1. The van der Waals surface area contributed by atoms with Crippen LogP contribution in [0.25, 0.3) is 0 Å². The van der Waals surface area contributed by atoms with Gasteiger partial charge in [-0.2, -0.15) is 0 Å². The molecule has 0 spiro atoms. The summed E-state index contributed by atoms with van der Waals surface area (Å²) in [5.41, 5.74) is 0.502. The minimum atomic E-state index is -4.03. The zero-order valence-corrected chi connectivity index (χ0v) is 14.4. The summed E-state index contributed by atoms with van der Waals surface area (Å²) in [6, 6.07) is 5.61. The van der Waals surface area contributed by atoms with E-state index in [1.165, 1.54) is 30.7 Å². The number of nitrogens with zero attached hydrogens (tertiary/aromatic N) is 3. The van der Waals surface area contributed by atoms with E-state index in [2.05, 4.69) is 10.3 Å². The molecule has 2 rings (SSSR count). The van der Waals surface area contributed by atoms with Crippen LogP contribution in [0.5, 0.6) is 0 Å². The number of benzene rings is 1. The first-order chi connectivity index (χ1) is 11.9. The van der Waals surface area contributed by atoms with Crippen LogP contribution in [0.15, 0.2) is 39.5 Å². The first kappa shape index (κ1) is 18.8. The SMILES string of the molecule is O=C(O)CCC(=O)NS(=O)(=O)c1ccc(N=NN2CCCCC2)cc1. The van der Waals surface area contributed by atoms with Crippen molar-refractivity contribution in [2.75, 3.05) is 13.1 Å². The second-order valence-corrected chi connectivity index (χ2v) is 7.30. The molecule has 0 radical (unpaired) electrons. The van der Waals surface area contributed by atoms with Gasteiger partial charge >= 0.3 is 5.97 Å². The van der Waals surface area contributed by atoms with E-state index in [0.29, 0.717) is 5.69 Å². The van der Waals surface area contributed by atoms with E-state index < -0.39 is 34.7 Å². The summed E-state index contributed by atoms with van der Waals surface area (Å²) in [5, 5.41) is 18.6. The first-order valence-corrected chi connectivity index (χ1v) is 9.39. The molecule has 2 N–H and O–H groups in total. The second-order valence-electron chi connectivity index (χ2n) is 5.62. The Bertz CT molecular complexity index is 740.